The fourth-order valence-electron chi connectivity index (χ4n) is 4.54. The lowest BCUT2D eigenvalue weighted by Crippen LogP contribution is -2.58. The molecule has 42 heavy (non-hydrogen) atoms. The zero-order chi connectivity index (χ0) is 30.8. The lowest BCUT2D eigenvalue weighted by molar-refractivity contribution is -0.142. The van der Waals surface area contributed by atoms with Crippen molar-refractivity contribution in [3.05, 3.63) is 54.2 Å². The zero-order valence-corrected chi connectivity index (χ0v) is 23.6. The Kier molecular flexibility index (Phi) is 11.2. The normalized spacial score (nSPS) is 14.1. The molecule has 14 nitrogen and oxygen atoms in total. The van der Waals surface area contributed by atoms with E-state index in [1.165, 1.54) is 12.5 Å². The number of carbonyl (C=O) groups is 5. The number of carbonyl (C=O) groups excluding carboxylic acids is 4. The van der Waals surface area contributed by atoms with Gasteiger partial charge < -0.3 is 42.5 Å². The molecule has 0 radical (unpaired) electrons. The maximum atomic E-state index is 13.6. The molecule has 3 aromatic rings. The third kappa shape index (κ3) is 9.16. The fraction of sp³-hybridized carbons (Fsp3) is 0.429. The van der Waals surface area contributed by atoms with Crippen LogP contribution in [0, 0.1) is 5.92 Å². The number of carboxylic acids is 1. The van der Waals surface area contributed by atoms with Gasteiger partial charge in [-0.15, -0.1) is 0 Å². The van der Waals surface area contributed by atoms with Crippen molar-refractivity contribution >= 4 is 40.5 Å². The summed E-state index contributed by atoms with van der Waals surface area (Å²) in [5, 5.41) is 18.2. The molecule has 4 amide bonds. The highest BCUT2D eigenvalue weighted by atomic mass is 16.4. The number of nitrogens with one attached hydrogen (secondary N) is 5. The predicted octanol–water partition coefficient (Wildman–Crippen LogP) is -0.146. The van der Waals surface area contributed by atoms with Gasteiger partial charge >= 0.3 is 5.97 Å². The van der Waals surface area contributed by atoms with Crippen LogP contribution in [-0.2, 0) is 36.8 Å². The Morgan fingerprint density at radius 3 is 2.24 bits per heavy atom. The summed E-state index contributed by atoms with van der Waals surface area (Å²) in [5.74, 6) is -3.95. The summed E-state index contributed by atoms with van der Waals surface area (Å²) in [6.07, 6.45) is 4.46. The number of primary amides is 1. The number of aromatic nitrogens is 3. The van der Waals surface area contributed by atoms with Gasteiger partial charge in [0.15, 0.2) is 0 Å². The van der Waals surface area contributed by atoms with Gasteiger partial charge in [0.05, 0.1) is 12.4 Å². The molecule has 2 aromatic heterocycles. The summed E-state index contributed by atoms with van der Waals surface area (Å²) >= 11 is 0. The summed E-state index contributed by atoms with van der Waals surface area (Å²) in [7, 11) is 0. The Hall–Kier alpha value is -4.72. The number of carboxylic acid groups (broad SMARTS) is 1. The highest BCUT2D eigenvalue weighted by Gasteiger charge is 2.31. The molecule has 226 valence electrons. The van der Waals surface area contributed by atoms with Crippen LogP contribution in [0.5, 0.6) is 0 Å². The highest BCUT2D eigenvalue weighted by molar-refractivity contribution is 5.95. The number of nitrogens with zero attached hydrogens (tertiary/aromatic N) is 1. The molecule has 0 saturated carbocycles. The number of nitrogens with two attached hydrogens (primary N) is 2. The van der Waals surface area contributed by atoms with Gasteiger partial charge in [0.1, 0.15) is 18.1 Å². The molecule has 0 aliphatic carbocycles. The Labute approximate surface area is 242 Å². The van der Waals surface area contributed by atoms with Crippen molar-refractivity contribution in [1.29, 1.82) is 0 Å². The van der Waals surface area contributed by atoms with Crippen LogP contribution in [0.15, 0.2) is 43.0 Å². The van der Waals surface area contributed by atoms with Gasteiger partial charge in [0.25, 0.3) is 0 Å². The lowest BCUT2D eigenvalue weighted by atomic mass is 10.0. The third-order valence-electron chi connectivity index (χ3n) is 6.70. The van der Waals surface area contributed by atoms with E-state index in [9.17, 15) is 29.1 Å². The number of aliphatic carboxylic acids is 1. The number of imidazole rings is 1. The van der Waals surface area contributed by atoms with Crippen LogP contribution in [0.4, 0.5) is 0 Å². The molecule has 10 N–H and O–H groups in total. The molecule has 0 aliphatic heterocycles. The minimum Gasteiger partial charge on any atom is -0.480 e. The van der Waals surface area contributed by atoms with Crippen molar-refractivity contribution in [2.24, 2.45) is 17.4 Å². The smallest absolute Gasteiger partial charge is 0.326 e. The van der Waals surface area contributed by atoms with Crippen LogP contribution in [0.3, 0.4) is 0 Å². The molecule has 0 saturated heterocycles. The summed E-state index contributed by atoms with van der Waals surface area (Å²) in [5.41, 5.74) is 13.4. The second-order valence-corrected chi connectivity index (χ2v) is 10.6. The van der Waals surface area contributed by atoms with Gasteiger partial charge in [0.2, 0.25) is 23.6 Å². The van der Waals surface area contributed by atoms with Crippen LogP contribution < -0.4 is 27.4 Å². The molecular weight excluding hydrogens is 544 g/mol. The first kappa shape index (κ1) is 31.8. The zero-order valence-electron chi connectivity index (χ0n) is 23.6. The number of benzene rings is 1. The molecule has 14 heteroatoms. The molecule has 3 rings (SSSR count). The molecule has 1 aromatic carbocycles. The number of rotatable bonds is 16. The van der Waals surface area contributed by atoms with E-state index in [0.717, 1.165) is 16.5 Å². The Bertz CT molecular complexity index is 1390. The molecule has 0 spiro atoms. The van der Waals surface area contributed by atoms with Crippen molar-refractivity contribution in [2.75, 3.05) is 0 Å². The predicted molar refractivity (Wildman–Crippen MR) is 154 cm³/mol. The van der Waals surface area contributed by atoms with Crippen molar-refractivity contribution in [2.45, 2.75) is 70.1 Å². The van der Waals surface area contributed by atoms with E-state index in [2.05, 4.69) is 30.9 Å². The van der Waals surface area contributed by atoms with Gasteiger partial charge in [-0.05, 0) is 30.4 Å². The van der Waals surface area contributed by atoms with Crippen LogP contribution in [0.1, 0.15) is 44.4 Å². The van der Waals surface area contributed by atoms with E-state index in [-0.39, 0.29) is 31.6 Å². The van der Waals surface area contributed by atoms with Crippen molar-refractivity contribution in [3.8, 4) is 0 Å². The summed E-state index contributed by atoms with van der Waals surface area (Å²) in [6.45, 7) is 3.84. The summed E-state index contributed by atoms with van der Waals surface area (Å²) < 4.78 is 0. The average Bonchev–Trinajstić information content (AvgIpc) is 3.59. The van der Waals surface area contributed by atoms with Gasteiger partial charge in [-0.1, -0.05) is 32.0 Å². The largest absolute Gasteiger partial charge is 0.480 e. The van der Waals surface area contributed by atoms with E-state index in [4.69, 9.17) is 11.5 Å². The number of amides is 4. The molecule has 2 heterocycles. The van der Waals surface area contributed by atoms with Crippen molar-refractivity contribution in [1.82, 2.24) is 30.9 Å². The summed E-state index contributed by atoms with van der Waals surface area (Å²) in [6, 6.07) is 2.78. The second-order valence-electron chi connectivity index (χ2n) is 10.6. The highest BCUT2D eigenvalue weighted by Crippen LogP contribution is 2.19. The SMILES string of the molecule is CC(C)CC(N)C(=O)NC(Cc1c[nH]c2ccccc12)C(=O)NC(CCC(N)=O)C(=O)NC(Cc1cnc[nH]1)C(=O)O. The molecule has 0 aliphatic rings. The van der Waals surface area contributed by atoms with Crippen LogP contribution >= 0.6 is 0 Å². The molecule has 4 atom stereocenters. The first-order valence-electron chi connectivity index (χ1n) is 13.6. The fourth-order valence-corrected chi connectivity index (χ4v) is 4.54. The van der Waals surface area contributed by atoms with Gasteiger partial charge in [-0.2, -0.15) is 0 Å². The van der Waals surface area contributed by atoms with Crippen LogP contribution in [-0.4, -0.2) is 73.8 Å². The van der Waals surface area contributed by atoms with E-state index < -0.39 is 53.8 Å². The van der Waals surface area contributed by atoms with Crippen LogP contribution in [0.25, 0.3) is 10.9 Å². The van der Waals surface area contributed by atoms with E-state index >= 15 is 0 Å². The minimum atomic E-state index is -1.35. The van der Waals surface area contributed by atoms with Gasteiger partial charge in [-0.25, -0.2) is 9.78 Å². The Morgan fingerprint density at radius 1 is 0.929 bits per heavy atom. The van der Waals surface area contributed by atoms with Gasteiger partial charge in [0, 0.05) is 48.3 Å². The Morgan fingerprint density at radius 2 is 1.60 bits per heavy atom. The first-order valence-corrected chi connectivity index (χ1v) is 13.6. The van der Waals surface area contributed by atoms with Gasteiger partial charge in [-0.3, -0.25) is 19.2 Å². The Balaban J connectivity index is 1.83. The lowest BCUT2D eigenvalue weighted by Gasteiger charge is -2.25. The number of H-pyrrole nitrogens is 2. The quantitative estimate of drug-likeness (QED) is 0.113. The molecule has 4 unspecified atom stereocenters. The number of fused-ring (bicyclic) bond motifs is 1. The topological polar surface area (TPSA) is 238 Å². The number of para-hydroxylation sites is 1. The van der Waals surface area contributed by atoms with E-state index in [1.807, 2.05) is 38.1 Å². The average molecular weight is 583 g/mol. The maximum absolute atomic E-state index is 13.6. The standard InChI is InChI=1S/C28H38N8O6/c1-15(2)9-19(29)25(38)35-22(10-16-12-32-20-6-4-3-5-18(16)20)27(40)34-21(7-8-24(30)37)26(39)36-23(28(41)42)11-17-13-31-14-33-17/h3-6,12-15,19,21-23,32H,7-11,29H2,1-2H3,(H2,30,37)(H,31,33)(H,34,40)(H,35,38)(H,36,39)(H,41,42). The molecular formula is C28H38N8O6. The molecule has 0 bridgehead atoms. The molecule has 0 fully saturated rings. The van der Waals surface area contributed by atoms with Crippen LogP contribution in [0.2, 0.25) is 0 Å². The second kappa shape index (κ2) is 14.8. The monoisotopic (exact) mass is 582 g/mol. The first-order chi connectivity index (χ1) is 19.9. The number of hydrogen-bond acceptors (Lipinski definition) is 7. The maximum Gasteiger partial charge on any atom is 0.326 e. The summed E-state index contributed by atoms with van der Waals surface area (Å²) in [4.78, 5) is 72.9. The number of hydrogen-bond donors (Lipinski definition) is 8. The minimum absolute atomic E-state index is 0.0672. The van der Waals surface area contributed by atoms with E-state index in [1.54, 1.807) is 6.20 Å². The van der Waals surface area contributed by atoms with E-state index in [0.29, 0.717) is 12.1 Å². The van der Waals surface area contributed by atoms with Crippen molar-refractivity contribution < 1.29 is 29.1 Å². The van der Waals surface area contributed by atoms with Crippen molar-refractivity contribution in [3.63, 3.8) is 0 Å². The number of aromatic amines is 2. The third-order valence-corrected chi connectivity index (χ3v) is 6.70.